The first-order valence-electron chi connectivity index (χ1n) is 7.59. The number of hydrogen-bond donors (Lipinski definition) is 2. The Bertz CT molecular complexity index is 629. The number of carboxylic acid groups (broad SMARTS) is 1. The molecule has 0 bridgehead atoms. The second kappa shape index (κ2) is 5.91. The number of nitrogens with zero attached hydrogens (tertiary/aromatic N) is 2. The van der Waals surface area contributed by atoms with Gasteiger partial charge in [-0.3, -0.25) is 9.59 Å². The summed E-state index contributed by atoms with van der Waals surface area (Å²) in [7, 11) is 0. The number of fused-ring (bicyclic) bond motifs is 1. The van der Waals surface area contributed by atoms with Gasteiger partial charge in [-0.2, -0.15) is 0 Å². The van der Waals surface area contributed by atoms with Gasteiger partial charge in [0.05, 0.1) is 0 Å². The Balaban J connectivity index is 1.62. The van der Waals surface area contributed by atoms with Gasteiger partial charge in [0.15, 0.2) is 0 Å². The van der Waals surface area contributed by atoms with Crippen molar-refractivity contribution in [3.63, 3.8) is 0 Å². The predicted octanol–water partition coefficient (Wildman–Crippen LogP) is 1.33. The number of hydrogen-bond acceptors (Lipinski definition) is 3. The quantitative estimate of drug-likeness (QED) is 0.861. The van der Waals surface area contributed by atoms with Crippen molar-refractivity contribution in [3.05, 3.63) is 29.8 Å². The molecule has 1 aromatic carbocycles. The van der Waals surface area contributed by atoms with E-state index in [0.29, 0.717) is 37.4 Å². The second-order valence-electron chi connectivity index (χ2n) is 6.18. The molecule has 0 spiro atoms. The average molecular weight is 317 g/mol. The van der Waals surface area contributed by atoms with E-state index in [4.69, 9.17) is 5.11 Å². The van der Waals surface area contributed by atoms with Crippen molar-refractivity contribution in [3.8, 4) is 0 Å². The topological polar surface area (TPSA) is 90.0 Å². The highest BCUT2D eigenvalue weighted by molar-refractivity contribution is 5.95. The molecule has 3 amide bonds. The monoisotopic (exact) mass is 317 g/mol. The Kier molecular flexibility index (Phi) is 3.94. The summed E-state index contributed by atoms with van der Waals surface area (Å²) in [4.78, 5) is 37.7. The van der Waals surface area contributed by atoms with E-state index in [0.717, 1.165) is 0 Å². The molecular formula is C16H19N3O4. The summed E-state index contributed by atoms with van der Waals surface area (Å²) < 4.78 is 0. The van der Waals surface area contributed by atoms with Gasteiger partial charge < -0.3 is 20.2 Å². The maximum absolute atomic E-state index is 12.5. The van der Waals surface area contributed by atoms with Crippen molar-refractivity contribution >= 4 is 23.6 Å². The molecule has 7 nitrogen and oxygen atoms in total. The third-order valence-corrected chi connectivity index (χ3v) is 4.50. The number of rotatable bonds is 2. The van der Waals surface area contributed by atoms with Crippen LogP contribution in [0.2, 0.25) is 0 Å². The third-order valence-electron chi connectivity index (χ3n) is 4.50. The van der Waals surface area contributed by atoms with Crippen LogP contribution in [0.1, 0.15) is 17.3 Å². The second-order valence-corrected chi connectivity index (χ2v) is 6.18. The van der Waals surface area contributed by atoms with Crippen LogP contribution in [0.25, 0.3) is 0 Å². The van der Waals surface area contributed by atoms with Crippen molar-refractivity contribution in [2.45, 2.75) is 6.92 Å². The fourth-order valence-electron chi connectivity index (χ4n) is 3.40. The molecule has 2 aliphatic heterocycles. The van der Waals surface area contributed by atoms with Crippen molar-refractivity contribution in [1.29, 1.82) is 0 Å². The van der Waals surface area contributed by atoms with Crippen molar-refractivity contribution in [2.75, 3.05) is 31.5 Å². The van der Waals surface area contributed by atoms with Crippen LogP contribution in [0.4, 0.5) is 10.5 Å². The SMILES string of the molecule is CC(=O)Nc1ccc(C(=O)N2C[C@H]3CN(C(=O)O)C[C@H]3C2)cc1. The zero-order chi connectivity index (χ0) is 16.6. The molecule has 2 saturated heterocycles. The predicted molar refractivity (Wildman–Crippen MR) is 83.2 cm³/mol. The minimum Gasteiger partial charge on any atom is -0.465 e. The van der Waals surface area contributed by atoms with E-state index in [-0.39, 0.29) is 23.7 Å². The highest BCUT2D eigenvalue weighted by Gasteiger charge is 2.43. The minimum atomic E-state index is -0.883. The van der Waals surface area contributed by atoms with Crippen LogP contribution in [0.15, 0.2) is 24.3 Å². The number of amides is 3. The number of carbonyl (C=O) groups excluding carboxylic acids is 2. The van der Waals surface area contributed by atoms with Gasteiger partial charge >= 0.3 is 6.09 Å². The molecule has 0 unspecified atom stereocenters. The van der Waals surface area contributed by atoms with Crippen LogP contribution in [-0.4, -0.2) is 59.0 Å². The molecule has 1 aromatic rings. The molecular weight excluding hydrogens is 298 g/mol. The maximum Gasteiger partial charge on any atom is 0.407 e. The number of nitrogens with one attached hydrogen (secondary N) is 1. The Labute approximate surface area is 133 Å². The van der Waals surface area contributed by atoms with Crippen LogP contribution in [-0.2, 0) is 4.79 Å². The molecule has 2 N–H and O–H groups in total. The highest BCUT2D eigenvalue weighted by atomic mass is 16.4. The van der Waals surface area contributed by atoms with Gasteiger partial charge in [-0.1, -0.05) is 0 Å². The van der Waals surface area contributed by atoms with Crippen molar-refractivity contribution < 1.29 is 19.5 Å². The van der Waals surface area contributed by atoms with Gasteiger partial charge in [-0.25, -0.2) is 4.79 Å². The average Bonchev–Trinajstić information content (AvgIpc) is 3.05. The molecule has 0 aliphatic carbocycles. The van der Waals surface area contributed by atoms with Crippen LogP contribution < -0.4 is 5.32 Å². The van der Waals surface area contributed by atoms with E-state index in [1.165, 1.54) is 11.8 Å². The van der Waals surface area contributed by atoms with Crippen molar-refractivity contribution in [1.82, 2.24) is 9.80 Å². The Hall–Kier alpha value is -2.57. The van der Waals surface area contributed by atoms with E-state index in [9.17, 15) is 14.4 Å². The molecule has 23 heavy (non-hydrogen) atoms. The summed E-state index contributed by atoms with van der Waals surface area (Å²) in [6.45, 7) is 3.64. The van der Waals surface area contributed by atoms with Crippen LogP contribution in [0.5, 0.6) is 0 Å². The normalized spacial score (nSPS) is 22.8. The first kappa shape index (κ1) is 15.3. The van der Waals surface area contributed by atoms with Gasteiger partial charge in [0.2, 0.25) is 5.91 Å². The number of likely N-dealkylation sites (tertiary alicyclic amines) is 2. The maximum atomic E-state index is 12.5. The van der Waals surface area contributed by atoms with Gasteiger partial charge in [0.1, 0.15) is 0 Å². The van der Waals surface area contributed by atoms with Gasteiger partial charge in [0.25, 0.3) is 5.91 Å². The molecule has 0 radical (unpaired) electrons. The fraction of sp³-hybridized carbons (Fsp3) is 0.438. The zero-order valence-corrected chi connectivity index (χ0v) is 12.9. The van der Waals surface area contributed by atoms with Crippen LogP contribution in [0.3, 0.4) is 0 Å². The Morgan fingerprint density at radius 3 is 2.00 bits per heavy atom. The summed E-state index contributed by atoms with van der Waals surface area (Å²) in [5.74, 6) is 0.262. The van der Waals surface area contributed by atoms with E-state index in [1.54, 1.807) is 29.2 Å². The first-order valence-corrected chi connectivity index (χ1v) is 7.59. The number of anilines is 1. The summed E-state index contributed by atoms with van der Waals surface area (Å²) in [5.41, 5.74) is 1.23. The molecule has 2 aliphatic rings. The lowest BCUT2D eigenvalue weighted by Gasteiger charge is -2.20. The van der Waals surface area contributed by atoms with E-state index in [2.05, 4.69) is 5.32 Å². The fourth-order valence-corrected chi connectivity index (χ4v) is 3.40. The van der Waals surface area contributed by atoms with E-state index >= 15 is 0 Å². The lowest BCUT2D eigenvalue weighted by atomic mass is 10.0. The summed E-state index contributed by atoms with van der Waals surface area (Å²) >= 11 is 0. The molecule has 0 saturated carbocycles. The molecule has 2 heterocycles. The molecule has 0 aromatic heterocycles. The summed E-state index contributed by atoms with van der Waals surface area (Å²) in [6.07, 6.45) is -0.883. The Morgan fingerprint density at radius 2 is 1.52 bits per heavy atom. The Morgan fingerprint density at radius 1 is 1.00 bits per heavy atom. The largest absolute Gasteiger partial charge is 0.465 e. The molecule has 122 valence electrons. The standard InChI is InChI=1S/C16H19N3O4/c1-10(20)17-14-4-2-11(3-5-14)15(21)18-6-12-8-19(16(22)23)9-13(12)7-18/h2-5,12-13H,6-9H2,1H3,(H,17,20)(H,22,23)/t12-,13+. The smallest absolute Gasteiger partial charge is 0.407 e. The third kappa shape index (κ3) is 3.13. The molecule has 3 rings (SSSR count). The molecule has 2 atom stereocenters. The van der Waals surface area contributed by atoms with E-state index < -0.39 is 6.09 Å². The van der Waals surface area contributed by atoms with Gasteiger partial charge in [-0.15, -0.1) is 0 Å². The summed E-state index contributed by atoms with van der Waals surface area (Å²) in [6, 6.07) is 6.81. The molecule has 2 fully saturated rings. The number of carbonyl (C=O) groups is 3. The number of benzene rings is 1. The lowest BCUT2D eigenvalue weighted by Crippen LogP contribution is -2.35. The minimum absolute atomic E-state index is 0.0457. The van der Waals surface area contributed by atoms with Gasteiger partial charge in [0, 0.05) is 56.2 Å². The van der Waals surface area contributed by atoms with Crippen LogP contribution in [0, 0.1) is 11.8 Å². The lowest BCUT2D eigenvalue weighted by molar-refractivity contribution is -0.114. The molecule has 7 heteroatoms. The van der Waals surface area contributed by atoms with E-state index in [1.807, 2.05) is 0 Å². The van der Waals surface area contributed by atoms with Crippen LogP contribution >= 0.6 is 0 Å². The highest BCUT2D eigenvalue weighted by Crippen LogP contribution is 2.31. The first-order chi connectivity index (χ1) is 10.9. The zero-order valence-electron chi connectivity index (χ0n) is 12.9. The summed E-state index contributed by atoms with van der Waals surface area (Å²) in [5, 5.41) is 11.7. The van der Waals surface area contributed by atoms with Crippen molar-refractivity contribution in [2.24, 2.45) is 11.8 Å². The van der Waals surface area contributed by atoms with Gasteiger partial charge in [-0.05, 0) is 24.3 Å².